The Morgan fingerprint density at radius 1 is 0.960 bits per heavy atom. The molecule has 1 N–H and O–H groups in total. The maximum Gasteiger partial charge on any atom is 0.161 e. The van der Waals surface area contributed by atoms with E-state index in [0.717, 1.165) is 41.5 Å². The highest BCUT2D eigenvalue weighted by molar-refractivity contribution is 5.78. The molecule has 0 aliphatic heterocycles. The van der Waals surface area contributed by atoms with Crippen molar-refractivity contribution in [3.8, 4) is 28.4 Å². The zero-order chi connectivity index (χ0) is 18.4. The van der Waals surface area contributed by atoms with Gasteiger partial charge in [-0.3, -0.25) is 0 Å². The lowest BCUT2D eigenvalue weighted by atomic mass is 9.91. The molecule has 0 aromatic heterocycles. The molecule has 2 aromatic carbocycles. The standard InChI is InChI=1S/C22H28O3/c1-6-9-16-13-20(24-4)21(25-5)14-18(16)19-12-15(8-3)11-17(10-7-2)22(19)23/h7,11-14,23H,2,6,8-10H2,1,3-5H3. The van der Waals surface area contributed by atoms with Gasteiger partial charge in [0.15, 0.2) is 11.5 Å². The zero-order valence-electron chi connectivity index (χ0n) is 15.7. The highest BCUT2D eigenvalue weighted by Crippen LogP contribution is 2.41. The molecule has 0 saturated carbocycles. The van der Waals surface area contributed by atoms with Crippen LogP contribution in [-0.4, -0.2) is 19.3 Å². The number of phenolic OH excluding ortho intramolecular Hbond substituents is 1. The second kappa shape index (κ2) is 8.61. The number of benzene rings is 2. The summed E-state index contributed by atoms with van der Waals surface area (Å²) in [4.78, 5) is 0. The van der Waals surface area contributed by atoms with Crippen molar-refractivity contribution in [3.05, 3.63) is 53.6 Å². The van der Waals surface area contributed by atoms with E-state index in [1.165, 1.54) is 5.56 Å². The van der Waals surface area contributed by atoms with E-state index in [-0.39, 0.29) is 0 Å². The van der Waals surface area contributed by atoms with Crippen molar-refractivity contribution in [1.82, 2.24) is 0 Å². The molecular formula is C22H28O3. The van der Waals surface area contributed by atoms with Crippen LogP contribution in [0.2, 0.25) is 0 Å². The summed E-state index contributed by atoms with van der Waals surface area (Å²) in [5.74, 6) is 1.71. The molecule has 25 heavy (non-hydrogen) atoms. The first-order valence-electron chi connectivity index (χ1n) is 8.80. The predicted molar refractivity (Wildman–Crippen MR) is 104 cm³/mol. The fourth-order valence-corrected chi connectivity index (χ4v) is 3.13. The Balaban J connectivity index is 2.74. The van der Waals surface area contributed by atoms with Gasteiger partial charge in [0.2, 0.25) is 0 Å². The van der Waals surface area contributed by atoms with E-state index in [9.17, 15) is 5.11 Å². The first kappa shape index (κ1) is 18.9. The Morgan fingerprint density at radius 2 is 1.64 bits per heavy atom. The fraction of sp³-hybridized carbons (Fsp3) is 0.364. The number of aryl methyl sites for hydroxylation is 2. The monoisotopic (exact) mass is 340 g/mol. The first-order chi connectivity index (χ1) is 12.1. The van der Waals surface area contributed by atoms with Crippen LogP contribution in [0.1, 0.15) is 37.0 Å². The number of hydrogen-bond donors (Lipinski definition) is 1. The molecule has 0 aliphatic rings. The van der Waals surface area contributed by atoms with Crippen LogP contribution in [0.3, 0.4) is 0 Å². The summed E-state index contributed by atoms with van der Waals surface area (Å²) in [6.07, 6.45) is 5.29. The van der Waals surface area contributed by atoms with Crippen molar-refractivity contribution < 1.29 is 14.6 Å². The number of ether oxygens (including phenoxy) is 2. The Bertz CT molecular complexity index is 747. The van der Waals surface area contributed by atoms with Crippen LogP contribution in [0, 0.1) is 0 Å². The molecule has 0 spiro atoms. The first-order valence-corrected chi connectivity index (χ1v) is 8.80. The van der Waals surface area contributed by atoms with Crippen LogP contribution in [0.15, 0.2) is 36.9 Å². The Hall–Kier alpha value is -2.42. The maximum atomic E-state index is 10.9. The van der Waals surface area contributed by atoms with E-state index >= 15 is 0 Å². The summed E-state index contributed by atoms with van der Waals surface area (Å²) in [6, 6.07) is 8.11. The Morgan fingerprint density at radius 3 is 2.20 bits per heavy atom. The molecular weight excluding hydrogens is 312 g/mol. The SMILES string of the molecule is C=CCc1cc(CC)cc(-c2cc(OC)c(OC)cc2CCC)c1O. The molecule has 2 rings (SSSR count). The third-order valence-corrected chi connectivity index (χ3v) is 4.44. The third kappa shape index (κ3) is 3.98. The van der Waals surface area contributed by atoms with E-state index in [4.69, 9.17) is 9.47 Å². The number of phenols is 1. The summed E-state index contributed by atoms with van der Waals surface area (Å²) >= 11 is 0. The van der Waals surface area contributed by atoms with E-state index in [2.05, 4.69) is 32.6 Å². The minimum Gasteiger partial charge on any atom is -0.507 e. The van der Waals surface area contributed by atoms with Crippen LogP contribution < -0.4 is 9.47 Å². The fourth-order valence-electron chi connectivity index (χ4n) is 3.13. The highest BCUT2D eigenvalue weighted by Gasteiger charge is 2.17. The van der Waals surface area contributed by atoms with Gasteiger partial charge in [-0.15, -0.1) is 6.58 Å². The quantitative estimate of drug-likeness (QED) is 0.661. The van der Waals surface area contributed by atoms with Gasteiger partial charge in [-0.1, -0.05) is 32.4 Å². The summed E-state index contributed by atoms with van der Waals surface area (Å²) in [7, 11) is 3.28. The summed E-state index contributed by atoms with van der Waals surface area (Å²) in [5, 5.41) is 10.9. The van der Waals surface area contributed by atoms with Gasteiger partial charge in [0.05, 0.1) is 14.2 Å². The van der Waals surface area contributed by atoms with Crippen LogP contribution >= 0.6 is 0 Å². The van der Waals surface area contributed by atoms with Gasteiger partial charge in [-0.2, -0.15) is 0 Å². The lowest BCUT2D eigenvalue weighted by molar-refractivity contribution is 0.354. The zero-order valence-corrected chi connectivity index (χ0v) is 15.7. The van der Waals surface area contributed by atoms with Gasteiger partial charge in [0.1, 0.15) is 5.75 Å². The summed E-state index contributed by atoms with van der Waals surface area (Å²) in [6.45, 7) is 8.07. The van der Waals surface area contributed by atoms with E-state index in [1.807, 2.05) is 18.2 Å². The lowest BCUT2D eigenvalue weighted by Gasteiger charge is -2.18. The van der Waals surface area contributed by atoms with Crippen molar-refractivity contribution >= 4 is 0 Å². The molecule has 3 heteroatoms. The van der Waals surface area contributed by atoms with Gasteiger partial charge >= 0.3 is 0 Å². The summed E-state index contributed by atoms with van der Waals surface area (Å²) in [5.41, 5.74) is 5.09. The molecule has 134 valence electrons. The van der Waals surface area contributed by atoms with Crippen LogP contribution in [0.25, 0.3) is 11.1 Å². The Labute approximate surface area is 150 Å². The second-order valence-electron chi connectivity index (χ2n) is 6.11. The molecule has 0 atom stereocenters. The van der Waals surface area contributed by atoms with Crippen molar-refractivity contribution in [2.75, 3.05) is 14.2 Å². The van der Waals surface area contributed by atoms with Gasteiger partial charge < -0.3 is 14.6 Å². The van der Waals surface area contributed by atoms with E-state index in [1.54, 1.807) is 14.2 Å². The number of aromatic hydroxyl groups is 1. The van der Waals surface area contributed by atoms with Gasteiger partial charge in [0.25, 0.3) is 0 Å². The van der Waals surface area contributed by atoms with Crippen molar-refractivity contribution in [1.29, 1.82) is 0 Å². The van der Waals surface area contributed by atoms with Gasteiger partial charge in [0, 0.05) is 5.56 Å². The average molecular weight is 340 g/mol. The average Bonchev–Trinajstić information content (AvgIpc) is 2.63. The number of hydrogen-bond acceptors (Lipinski definition) is 3. The van der Waals surface area contributed by atoms with Gasteiger partial charge in [-0.25, -0.2) is 0 Å². The molecule has 0 bridgehead atoms. The maximum absolute atomic E-state index is 10.9. The van der Waals surface area contributed by atoms with Crippen LogP contribution in [0.4, 0.5) is 0 Å². The van der Waals surface area contributed by atoms with E-state index in [0.29, 0.717) is 23.7 Å². The minimum atomic E-state index is 0.321. The van der Waals surface area contributed by atoms with Crippen molar-refractivity contribution in [2.24, 2.45) is 0 Å². The van der Waals surface area contributed by atoms with Crippen LogP contribution in [-0.2, 0) is 19.3 Å². The third-order valence-electron chi connectivity index (χ3n) is 4.44. The smallest absolute Gasteiger partial charge is 0.161 e. The molecule has 0 radical (unpaired) electrons. The van der Waals surface area contributed by atoms with E-state index < -0.39 is 0 Å². The minimum absolute atomic E-state index is 0.321. The lowest BCUT2D eigenvalue weighted by Crippen LogP contribution is -1.98. The molecule has 0 saturated heterocycles. The number of rotatable bonds is 8. The Kier molecular flexibility index (Phi) is 6.51. The highest BCUT2D eigenvalue weighted by atomic mass is 16.5. The molecule has 0 fully saturated rings. The van der Waals surface area contributed by atoms with Crippen molar-refractivity contribution in [2.45, 2.75) is 39.5 Å². The molecule has 0 amide bonds. The predicted octanol–water partition coefficient (Wildman–Crippen LogP) is 5.32. The van der Waals surface area contributed by atoms with Gasteiger partial charge in [-0.05, 0) is 59.7 Å². The van der Waals surface area contributed by atoms with Crippen molar-refractivity contribution in [3.63, 3.8) is 0 Å². The second-order valence-corrected chi connectivity index (χ2v) is 6.11. The topological polar surface area (TPSA) is 38.7 Å². The molecule has 3 nitrogen and oxygen atoms in total. The molecule has 0 unspecified atom stereocenters. The molecule has 0 heterocycles. The summed E-state index contributed by atoms with van der Waals surface area (Å²) < 4.78 is 10.9. The van der Waals surface area contributed by atoms with Crippen LogP contribution in [0.5, 0.6) is 17.2 Å². The largest absolute Gasteiger partial charge is 0.507 e. The normalized spacial score (nSPS) is 10.6. The molecule has 2 aromatic rings. The molecule has 0 aliphatic carbocycles. The number of methoxy groups -OCH3 is 2. The number of allylic oxidation sites excluding steroid dienone is 1.